The summed E-state index contributed by atoms with van der Waals surface area (Å²) in [6.07, 6.45) is 0.268. The van der Waals surface area contributed by atoms with Gasteiger partial charge in [-0.3, -0.25) is 13.9 Å². The van der Waals surface area contributed by atoms with Crippen molar-refractivity contribution >= 4 is 50.7 Å². The van der Waals surface area contributed by atoms with Gasteiger partial charge in [0, 0.05) is 27.7 Å². The molecular weight excluding hydrogens is 585 g/mol. The third-order valence-electron chi connectivity index (χ3n) is 6.24. The molecule has 0 radical (unpaired) electrons. The summed E-state index contributed by atoms with van der Waals surface area (Å²) in [6, 6.07) is 18.2. The second-order valence-electron chi connectivity index (χ2n) is 10.4. The van der Waals surface area contributed by atoms with E-state index in [4.69, 9.17) is 27.9 Å². The first-order chi connectivity index (χ1) is 19.3. The monoisotopic (exact) mass is 619 g/mol. The molecule has 3 aromatic rings. The fourth-order valence-electron chi connectivity index (χ4n) is 4.22. The van der Waals surface area contributed by atoms with Crippen molar-refractivity contribution in [3.8, 4) is 5.75 Å². The van der Waals surface area contributed by atoms with Gasteiger partial charge in [0.15, 0.2) is 0 Å². The molecule has 0 bridgehead atoms. The quantitative estimate of drug-likeness (QED) is 0.287. The highest BCUT2D eigenvalue weighted by atomic mass is 35.5. The van der Waals surface area contributed by atoms with Gasteiger partial charge in [0.25, 0.3) is 10.0 Å². The number of rotatable bonds is 11. The number of carbonyl (C=O) groups excluding carboxylic acids is 2. The van der Waals surface area contributed by atoms with Gasteiger partial charge in [-0.05, 0) is 75.7 Å². The smallest absolute Gasteiger partial charge is 0.264 e. The predicted octanol–water partition coefficient (Wildman–Crippen LogP) is 5.92. The molecule has 0 aliphatic heterocycles. The Bertz CT molecular complexity index is 1440. The van der Waals surface area contributed by atoms with Gasteiger partial charge in [0.2, 0.25) is 11.8 Å². The van der Waals surface area contributed by atoms with Crippen LogP contribution in [0.4, 0.5) is 5.69 Å². The van der Waals surface area contributed by atoms with Crippen LogP contribution in [0.1, 0.15) is 39.7 Å². The van der Waals surface area contributed by atoms with E-state index in [1.165, 1.54) is 24.1 Å². The second-order valence-corrected chi connectivity index (χ2v) is 13.1. The number of ether oxygens (including phenoxy) is 1. The number of nitrogens with one attached hydrogen (secondary N) is 1. The molecule has 0 aliphatic rings. The van der Waals surface area contributed by atoms with Crippen LogP contribution in [0.25, 0.3) is 0 Å². The van der Waals surface area contributed by atoms with Crippen molar-refractivity contribution in [2.45, 2.75) is 57.1 Å². The van der Waals surface area contributed by atoms with E-state index in [2.05, 4.69) is 5.32 Å². The number of hydrogen-bond acceptors (Lipinski definition) is 5. The predicted molar refractivity (Wildman–Crippen MR) is 163 cm³/mol. The molecule has 1 N–H and O–H groups in total. The van der Waals surface area contributed by atoms with Gasteiger partial charge >= 0.3 is 0 Å². The van der Waals surface area contributed by atoms with E-state index in [1.807, 2.05) is 20.8 Å². The molecule has 8 nitrogen and oxygen atoms in total. The molecule has 11 heteroatoms. The standard InChI is InChI=1S/C30H35Cl2N3O5S/c1-6-27(29(37)33-30(2,3)4)34(19-24-25(31)13-10-14-26(24)32)28(36)20-35(21-15-17-22(40-5)18-16-21)41(38,39)23-11-8-7-9-12-23/h7-18,27H,6,19-20H2,1-5H3,(H,33,37)/t27-/m0/s1. The summed E-state index contributed by atoms with van der Waals surface area (Å²) < 4.78 is 34.0. The maximum atomic E-state index is 14.2. The van der Waals surface area contributed by atoms with Crippen molar-refractivity contribution in [3.05, 3.63) is 88.4 Å². The summed E-state index contributed by atoms with van der Waals surface area (Å²) in [7, 11) is -2.68. The lowest BCUT2D eigenvalue weighted by molar-refractivity contribution is -0.141. The first kappa shape index (κ1) is 32.2. The summed E-state index contributed by atoms with van der Waals surface area (Å²) in [5, 5.41) is 3.58. The maximum absolute atomic E-state index is 14.2. The molecule has 0 heterocycles. The van der Waals surface area contributed by atoms with E-state index >= 15 is 0 Å². The third kappa shape index (κ3) is 8.15. The fourth-order valence-corrected chi connectivity index (χ4v) is 6.18. The van der Waals surface area contributed by atoms with Crippen molar-refractivity contribution in [1.29, 1.82) is 0 Å². The topological polar surface area (TPSA) is 96.0 Å². The van der Waals surface area contributed by atoms with Gasteiger partial charge in [-0.1, -0.05) is 54.4 Å². The number of nitrogens with zero attached hydrogens (tertiary/aromatic N) is 2. The minimum atomic E-state index is -4.18. The van der Waals surface area contributed by atoms with E-state index in [0.29, 0.717) is 21.4 Å². The maximum Gasteiger partial charge on any atom is 0.264 e. The highest BCUT2D eigenvalue weighted by Gasteiger charge is 2.35. The number of anilines is 1. The lowest BCUT2D eigenvalue weighted by atomic mass is 10.1. The molecule has 41 heavy (non-hydrogen) atoms. The Morgan fingerprint density at radius 2 is 1.51 bits per heavy atom. The Labute approximate surface area is 252 Å². The molecule has 0 unspecified atom stereocenters. The molecule has 0 aromatic heterocycles. The van der Waals surface area contributed by atoms with E-state index in [9.17, 15) is 18.0 Å². The van der Waals surface area contributed by atoms with E-state index < -0.39 is 34.1 Å². The highest BCUT2D eigenvalue weighted by molar-refractivity contribution is 7.92. The van der Waals surface area contributed by atoms with Gasteiger partial charge < -0.3 is 15.0 Å². The summed E-state index contributed by atoms with van der Waals surface area (Å²) in [5.74, 6) is -0.456. The third-order valence-corrected chi connectivity index (χ3v) is 8.74. The molecule has 1 atom stereocenters. The van der Waals surface area contributed by atoms with Crippen LogP contribution in [-0.2, 0) is 26.2 Å². The molecule has 0 fully saturated rings. The number of halogens is 2. The molecule has 220 valence electrons. The summed E-state index contributed by atoms with van der Waals surface area (Å²) in [4.78, 5) is 28.9. The Morgan fingerprint density at radius 3 is 2.02 bits per heavy atom. The molecular formula is C30H35Cl2N3O5S. The highest BCUT2D eigenvalue weighted by Crippen LogP contribution is 2.29. The summed E-state index contributed by atoms with van der Waals surface area (Å²) in [5.41, 5.74) is 0.145. The van der Waals surface area contributed by atoms with Gasteiger partial charge in [-0.25, -0.2) is 8.42 Å². The molecule has 0 saturated carbocycles. The van der Waals surface area contributed by atoms with Crippen molar-refractivity contribution < 1.29 is 22.7 Å². The Kier molecular flexibility index (Phi) is 10.7. The van der Waals surface area contributed by atoms with Crippen LogP contribution >= 0.6 is 23.2 Å². The van der Waals surface area contributed by atoms with Crippen molar-refractivity contribution in [2.24, 2.45) is 0 Å². The van der Waals surface area contributed by atoms with E-state index in [-0.39, 0.29) is 29.5 Å². The Morgan fingerprint density at radius 1 is 0.927 bits per heavy atom. The zero-order valence-electron chi connectivity index (χ0n) is 23.7. The SMILES string of the molecule is CC[C@@H](C(=O)NC(C)(C)C)N(Cc1c(Cl)cccc1Cl)C(=O)CN(c1ccc(OC)cc1)S(=O)(=O)c1ccccc1. The normalized spacial score (nSPS) is 12.4. The average Bonchev–Trinajstić information content (AvgIpc) is 2.92. The van der Waals surface area contributed by atoms with Crippen LogP contribution in [0, 0.1) is 0 Å². The van der Waals surface area contributed by atoms with Crippen LogP contribution in [-0.4, -0.2) is 50.4 Å². The molecule has 0 spiro atoms. The van der Waals surface area contributed by atoms with Gasteiger partial charge in [0.05, 0.1) is 17.7 Å². The number of hydrogen-bond donors (Lipinski definition) is 1. The molecule has 2 amide bonds. The van der Waals surface area contributed by atoms with Crippen LogP contribution < -0.4 is 14.4 Å². The van der Waals surface area contributed by atoms with Gasteiger partial charge in [-0.2, -0.15) is 0 Å². The van der Waals surface area contributed by atoms with Gasteiger partial charge in [0.1, 0.15) is 18.3 Å². The molecule has 3 aromatic carbocycles. The fraction of sp³-hybridized carbons (Fsp3) is 0.333. The average molecular weight is 621 g/mol. The zero-order chi connectivity index (χ0) is 30.4. The minimum Gasteiger partial charge on any atom is -0.497 e. The van der Waals surface area contributed by atoms with Crippen LogP contribution in [0.2, 0.25) is 10.0 Å². The first-order valence-corrected chi connectivity index (χ1v) is 15.2. The number of sulfonamides is 1. The molecule has 0 aliphatic carbocycles. The van der Waals surface area contributed by atoms with Crippen LogP contribution in [0.15, 0.2) is 77.7 Å². The number of carbonyl (C=O) groups is 2. The number of benzene rings is 3. The van der Waals surface area contributed by atoms with Crippen LogP contribution in [0.3, 0.4) is 0 Å². The van der Waals surface area contributed by atoms with E-state index in [0.717, 1.165) is 4.31 Å². The number of amides is 2. The lowest BCUT2D eigenvalue weighted by Gasteiger charge is -2.35. The molecule has 0 saturated heterocycles. The first-order valence-electron chi connectivity index (χ1n) is 13.0. The summed E-state index contributed by atoms with van der Waals surface area (Å²) >= 11 is 12.9. The van der Waals surface area contributed by atoms with Crippen LogP contribution in [0.5, 0.6) is 5.75 Å². The zero-order valence-corrected chi connectivity index (χ0v) is 26.1. The van der Waals surface area contributed by atoms with Crippen molar-refractivity contribution in [3.63, 3.8) is 0 Å². The van der Waals surface area contributed by atoms with E-state index in [1.54, 1.807) is 67.6 Å². The lowest BCUT2D eigenvalue weighted by Crippen LogP contribution is -2.55. The second kappa shape index (κ2) is 13.6. The molecule has 3 rings (SSSR count). The largest absolute Gasteiger partial charge is 0.497 e. The summed E-state index contributed by atoms with van der Waals surface area (Å²) in [6.45, 7) is 6.62. The van der Waals surface area contributed by atoms with Gasteiger partial charge in [-0.15, -0.1) is 0 Å². The Balaban J connectivity index is 2.10. The van der Waals surface area contributed by atoms with Crippen molar-refractivity contribution in [2.75, 3.05) is 18.0 Å². The minimum absolute atomic E-state index is 0.0156. The number of methoxy groups -OCH3 is 1. The Hall–Kier alpha value is -3.27. The van der Waals surface area contributed by atoms with Crippen molar-refractivity contribution in [1.82, 2.24) is 10.2 Å².